The maximum absolute atomic E-state index is 11.6. The van der Waals surface area contributed by atoms with E-state index in [1.54, 1.807) is 7.11 Å². The van der Waals surface area contributed by atoms with Gasteiger partial charge in [0.15, 0.2) is 0 Å². The normalized spacial score (nSPS) is 39.9. The van der Waals surface area contributed by atoms with Gasteiger partial charge < -0.3 is 19.7 Å². The zero-order chi connectivity index (χ0) is 17.4. The van der Waals surface area contributed by atoms with Crippen molar-refractivity contribution < 1.29 is 24.5 Å². The Hall–Kier alpha value is -0.910. The Morgan fingerprint density at radius 3 is 2.57 bits per heavy atom. The van der Waals surface area contributed by atoms with E-state index in [2.05, 4.69) is 0 Å². The van der Waals surface area contributed by atoms with Gasteiger partial charge in [-0.2, -0.15) is 0 Å². The number of aliphatic hydroxyl groups excluding tert-OH is 1. The lowest BCUT2D eigenvalue weighted by Gasteiger charge is -2.63. The van der Waals surface area contributed by atoms with Gasteiger partial charge in [0.25, 0.3) is 0 Å². The molecule has 0 aromatic rings. The van der Waals surface area contributed by atoms with E-state index in [1.165, 1.54) is 6.92 Å². The Morgan fingerprint density at radius 1 is 1.43 bits per heavy atom. The van der Waals surface area contributed by atoms with Crippen LogP contribution in [-0.4, -0.2) is 47.7 Å². The Labute approximate surface area is 138 Å². The first-order valence-corrected chi connectivity index (χ1v) is 8.36. The molecular weight excluding hydrogens is 296 g/mol. The van der Waals surface area contributed by atoms with Crippen LogP contribution >= 0.6 is 0 Å². The van der Waals surface area contributed by atoms with Crippen LogP contribution in [0.15, 0.2) is 11.6 Å². The standard InChI is InChI=1S/C18H30O5/c1-11-6-14(22-5)8-13(10-19)15-9-17(3,4)18(15,21)16(7-11)23-12(2)20/h6,13-16,19,21H,7-10H2,1-5H3/t13?,14-,15-,16+,18-/m1/s1. The molecule has 5 heteroatoms. The van der Waals surface area contributed by atoms with Crippen molar-refractivity contribution in [3.05, 3.63) is 11.6 Å². The maximum atomic E-state index is 11.6. The number of rotatable bonds is 3. The molecule has 0 spiro atoms. The number of fused-ring (bicyclic) bond motifs is 1. The van der Waals surface area contributed by atoms with Gasteiger partial charge >= 0.3 is 5.97 Å². The molecule has 5 atom stereocenters. The van der Waals surface area contributed by atoms with Crippen molar-refractivity contribution in [1.82, 2.24) is 0 Å². The van der Waals surface area contributed by atoms with E-state index >= 15 is 0 Å². The van der Waals surface area contributed by atoms with Crippen LogP contribution in [-0.2, 0) is 14.3 Å². The smallest absolute Gasteiger partial charge is 0.303 e. The molecule has 2 aliphatic carbocycles. The summed E-state index contributed by atoms with van der Waals surface area (Å²) in [6.07, 6.45) is 3.24. The maximum Gasteiger partial charge on any atom is 0.303 e. The van der Waals surface area contributed by atoms with Gasteiger partial charge in [0.1, 0.15) is 11.7 Å². The lowest BCUT2D eigenvalue weighted by molar-refractivity contribution is -0.273. The fourth-order valence-electron chi connectivity index (χ4n) is 4.50. The SMILES string of the molecule is CO[C@@H]1C=C(C)C[C@H](OC(C)=O)[C@]2(O)[C@H](CC2(C)C)C(CO)C1. The lowest BCUT2D eigenvalue weighted by atomic mass is 9.46. The minimum Gasteiger partial charge on any atom is -0.459 e. The zero-order valence-corrected chi connectivity index (χ0v) is 14.8. The highest BCUT2D eigenvalue weighted by Gasteiger charge is 2.66. The van der Waals surface area contributed by atoms with Crippen LogP contribution in [0.5, 0.6) is 0 Å². The molecule has 5 nitrogen and oxygen atoms in total. The van der Waals surface area contributed by atoms with Crippen molar-refractivity contribution in [1.29, 1.82) is 0 Å². The van der Waals surface area contributed by atoms with E-state index in [4.69, 9.17) is 9.47 Å². The molecule has 2 N–H and O–H groups in total. The van der Waals surface area contributed by atoms with Crippen LogP contribution in [0.3, 0.4) is 0 Å². The summed E-state index contributed by atoms with van der Waals surface area (Å²) in [5.74, 6) is -0.581. The van der Waals surface area contributed by atoms with Gasteiger partial charge in [-0.15, -0.1) is 0 Å². The van der Waals surface area contributed by atoms with Gasteiger partial charge in [-0.05, 0) is 37.0 Å². The average Bonchev–Trinajstić information content (AvgIpc) is 2.49. The summed E-state index contributed by atoms with van der Waals surface area (Å²) in [4.78, 5) is 11.6. The summed E-state index contributed by atoms with van der Waals surface area (Å²) in [6, 6.07) is 0. The first kappa shape index (κ1) is 18.4. The quantitative estimate of drug-likeness (QED) is 0.613. The topological polar surface area (TPSA) is 76.0 Å². The molecular formula is C18H30O5. The second-order valence-corrected chi connectivity index (χ2v) is 7.79. The van der Waals surface area contributed by atoms with Crippen LogP contribution in [0.4, 0.5) is 0 Å². The summed E-state index contributed by atoms with van der Waals surface area (Å²) < 4.78 is 11.1. The van der Waals surface area contributed by atoms with Crippen molar-refractivity contribution in [2.24, 2.45) is 17.3 Å². The number of methoxy groups -OCH3 is 1. The van der Waals surface area contributed by atoms with Crippen molar-refractivity contribution in [2.45, 2.75) is 64.8 Å². The predicted molar refractivity (Wildman–Crippen MR) is 86.8 cm³/mol. The largest absolute Gasteiger partial charge is 0.459 e. The third kappa shape index (κ3) is 3.19. The minimum absolute atomic E-state index is 0.0113. The van der Waals surface area contributed by atoms with Crippen molar-refractivity contribution in [2.75, 3.05) is 13.7 Å². The summed E-state index contributed by atoms with van der Waals surface area (Å²) in [7, 11) is 1.65. The first-order chi connectivity index (χ1) is 10.7. The van der Waals surface area contributed by atoms with Gasteiger partial charge in [0, 0.05) is 27.1 Å². The molecule has 23 heavy (non-hydrogen) atoms. The molecule has 132 valence electrons. The molecule has 0 amide bonds. The van der Waals surface area contributed by atoms with E-state index in [1.807, 2.05) is 26.8 Å². The number of ether oxygens (including phenoxy) is 2. The second-order valence-electron chi connectivity index (χ2n) is 7.79. The fraction of sp³-hybridized carbons (Fsp3) is 0.833. The monoisotopic (exact) mass is 326 g/mol. The highest BCUT2D eigenvalue weighted by Crippen LogP contribution is 2.60. The van der Waals surface area contributed by atoms with Crippen LogP contribution < -0.4 is 0 Å². The van der Waals surface area contributed by atoms with E-state index in [0.29, 0.717) is 12.8 Å². The van der Waals surface area contributed by atoms with E-state index in [9.17, 15) is 15.0 Å². The van der Waals surface area contributed by atoms with Crippen LogP contribution in [0.25, 0.3) is 0 Å². The molecule has 0 aliphatic heterocycles. The van der Waals surface area contributed by atoms with Gasteiger partial charge in [-0.25, -0.2) is 0 Å². The minimum atomic E-state index is -1.14. The molecule has 2 aliphatic rings. The fourth-order valence-corrected chi connectivity index (χ4v) is 4.50. The number of esters is 1. The predicted octanol–water partition coefficient (Wildman–Crippen LogP) is 2.06. The van der Waals surface area contributed by atoms with Gasteiger partial charge in [-0.1, -0.05) is 25.5 Å². The van der Waals surface area contributed by atoms with Crippen molar-refractivity contribution >= 4 is 5.97 Å². The van der Waals surface area contributed by atoms with E-state index in [0.717, 1.165) is 12.0 Å². The summed E-state index contributed by atoms with van der Waals surface area (Å²) in [5.41, 5.74) is -0.473. The van der Waals surface area contributed by atoms with Gasteiger partial charge in [-0.3, -0.25) is 4.79 Å². The third-order valence-corrected chi connectivity index (χ3v) is 5.80. The van der Waals surface area contributed by atoms with Crippen LogP contribution in [0.2, 0.25) is 0 Å². The van der Waals surface area contributed by atoms with Crippen LogP contribution in [0, 0.1) is 17.3 Å². The molecule has 0 radical (unpaired) electrons. The molecule has 1 saturated carbocycles. The Kier molecular flexibility index (Phi) is 5.24. The number of aliphatic hydroxyl groups is 2. The third-order valence-electron chi connectivity index (χ3n) is 5.80. The molecule has 0 saturated heterocycles. The second kappa shape index (κ2) is 6.54. The molecule has 0 aromatic carbocycles. The summed E-state index contributed by atoms with van der Waals surface area (Å²) in [5, 5.41) is 21.4. The summed E-state index contributed by atoms with van der Waals surface area (Å²) >= 11 is 0. The van der Waals surface area contributed by atoms with Gasteiger partial charge in [0.05, 0.1) is 6.10 Å². The number of hydrogen-bond donors (Lipinski definition) is 2. The lowest BCUT2D eigenvalue weighted by Crippen LogP contribution is -2.70. The Bertz CT molecular complexity index is 484. The molecule has 0 aromatic heterocycles. The van der Waals surface area contributed by atoms with Crippen LogP contribution in [0.1, 0.15) is 47.0 Å². The highest BCUT2D eigenvalue weighted by molar-refractivity contribution is 5.66. The molecule has 0 bridgehead atoms. The van der Waals surface area contributed by atoms with E-state index < -0.39 is 11.7 Å². The Balaban J connectivity index is 2.45. The molecule has 0 heterocycles. The first-order valence-electron chi connectivity index (χ1n) is 8.36. The average molecular weight is 326 g/mol. The number of carbonyl (C=O) groups is 1. The van der Waals surface area contributed by atoms with Crippen molar-refractivity contribution in [3.63, 3.8) is 0 Å². The number of carbonyl (C=O) groups excluding carboxylic acids is 1. The molecule has 1 fully saturated rings. The zero-order valence-electron chi connectivity index (χ0n) is 14.8. The molecule has 2 rings (SSSR count). The summed E-state index contributed by atoms with van der Waals surface area (Å²) in [6.45, 7) is 7.32. The highest BCUT2D eigenvalue weighted by atomic mass is 16.6. The Morgan fingerprint density at radius 2 is 2.09 bits per heavy atom. The molecule has 1 unspecified atom stereocenters. The van der Waals surface area contributed by atoms with Gasteiger partial charge in [0.2, 0.25) is 0 Å². The van der Waals surface area contributed by atoms with E-state index in [-0.39, 0.29) is 35.9 Å². The number of hydrogen-bond acceptors (Lipinski definition) is 5. The van der Waals surface area contributed by atoms with Crippen molar-refractivity contribution in [3.8, 4) is 0 Å².